The first-order chi connectivity index (χ1) is 8.72. The van der Waals surface area contributed by atoms with Crippen molar-refractivity contribution >= 4 is 21.8 Å². The number of ether oxygens (including phenoxy) is 1. The third kappa shape index (κ3) is 6.61. The number of aliphatic hydroxyl groups excluding tert-OH is 1. The number of nitrogens with one attached hydrogen (secondary N) is 1. The van der Waals surface area contributed by atoms with Gasteiger partial charge in [0.1, 0.15) is 5.75 Å². The van der Waals surface area contributed by atoms with Crippen molar-refractivity contribution in [1.29, 1.82) is 0 Å². The van der Waals surface area contributed by atoms with Crippen LogP contribution in [-0.4, -0.2) is 30.8 Å². The maximum Gasteiger partial charge on any atom is 0.257 e. The molecular weight excluding hydrogens is 298 g/mol. The summed E-state index contributed by atoms with van der Waals surface area (Å²) < 4.78 is 6.27. The highest BCUT2D eigenvalue weighted by atomic mass is 79.9. The number of carbonyl (C=O) groups excluding carboxylic acids is 1. The van der Waals surface area contributed by atoms with Crippen LogP contribution in [0.5, 0.6) is 5.75 Å². The lowest BCUT2D eigenvalue weighted by atomic mass is 10.2. The minimum Gasteiger partial charge on any atom is -0.484 e. The molecule has 0 bridgehead atoms. The van der Waals surface area contributed by atoms with Crippen LogP contribution >= 0.6 is 15.9 Å². The Labute approximate surface area is 115 Å². The van der Waals surface area contributed by atoms with Crippen molar-refractivity contribution in [2.24, 2.45) is 0 Å². The molecule has 100 valence electrons. The number of unbranched alkanes of at least 4 members (excludes halogenated alkanes) is 2. The SMILES string of the molecule is O=C(COc1cccc(Br)c1)NCCCCCO. The Hall–Kier alpha value is -1.07. The molecule has 1 aromatic carbocycles. The van der Waals surface area contributed by atoms with Crippen LogP contribution in [0.1, 0.15) is 19.3 Å². The van der Waals surface area contributed by atoms with Gasteiger partial charge in [-0.3, -0.25) is 4.79 Å². The quantitative estimate of drug-likeness (QED) is 0.722. The van der Waals surface area contributed by atoms with E-state index in [1.54, 1.807) is 6.07 Å². The molecule has 0 aliphatic carbocycles. The maximum absolute atomic E-state index is 11.4. The maximum atomic E-state index is 11.4. The summed E-state index contributed by atoms with van der Waals surface area (Å²) in [7, 11) is 0. The molecule has 0 fully saturated rings. The molecule has 1 aromatic rings. The molecule has 0 saturated heterocycles. The van der Waals surface area contributed by atoms with Crippen LogP contribution in [0.15, 0.2) is 28.7 Å². The Morgan fingerprint density at radius 1 is 1.33 bits per heavy atom. The topological polar surface area (TPSA) is 58.6 Å². The standard InChI is InChI=1S/C13H18BrNO3/c14-11-5-4-6-12(9-11)18-10-13(17)15-7-2-1-3-8-16/h4-6,9,16H,1-3,7-8,10H2,(H,15,17). The largest absolute Gasteiger partial charge is 0.484 e. The summed E-state index contributed by atoms with van der Waals surface area (Å²) in [5.74, 6) is 0.541. The molecule has 0 aliphatic rings. The van der Waals surface area contributed by atoms with E-state index in [4.69, 9.17) is 9.84 Å². The fraction of sp³-hybridized carbons (Fsp3) is 0.462. The Bertz CT molecular complexity index is 371. The smallest absolute Gasteiger partial charge is 0.257 e. The van der Waals surface area contributed by atoms with Gasteiger partial charge in [0.05, 0.1) is 0 Å². The first kappa shape index (κ1) is 15.0. The zero-order valence-electron chi connectivity index (χ0n) is 10.2. The predicted octanol–water partition coefficient (Wildman–Crippen LogP) is 2.11. The zero-order valence-corrected chi connectivity index (χ0v) is 11.8. The van der Waals surface area contributed by atoms with Crippen molar-refractivity contribution in [2.75, 3.05) is 19.8 Å². The third-order valence-corrected chi connectivity index (χ3v) is 2.82. The molecule has 0 spiro atoms. The molecule has 0 aliphatic heterocycles. The molecule has 0 heterocycles. The Kier molecular flexibility index (Phi) is 7.44. The van der Waals surface area contributed by atoms with E-state index in [1.165, 1.54) is 0 Å². The molecule has 0 unspecified atom stereocenters. The van der Waals surface area contributed by atoms with Crippen molar-refractivity contribution in [3.63, 3.8) is 0 Å². The van der Waals surface area contributed by atoms with Gasteiger partial charge in [0, 0.05) is 17.6 Å². The van der Waals surface area contributed by atoms with Crippen LogP contribution in [0.3, 0.4) is 0 Å². The van der Waals surface area contributed by atoms with Crippen LogP contribution in [-0.2, 0) is 4.79 Å². The van der Waals surface area contributed by atoms with Crippen LogP contribution < -0.4 is 10.1 Å². The van der Waals surface area contributed by atoms with E-state index in [1.807, 2.05) is 18.2 Å². The Morgan fingerprint density at radius 3 is 2.89 bits per heavy atom. The van der Waals surface area contributed by atoms with E-state index in [0.717, 1.165) is 23.7 Å². The molecule has 0 aromatic heterocycles. The van der Waals surface area contributed by atoms with Gasteiger partial charge in [-0.15, -0.1) is 0 Å². The Balaban J connectivity index is 2.13. The number of hydrogen-bond donors (Lipinski definition) is 2. The average molecular weight is 316 g/mol. The normalized spacial score (nSPS) is 10.1. The highest BCUT2D eigenvalue weighted by Gasteiger charge is 2.02. The first-order valence-electron chi connectivity index (χ1n) is 5.98. The van der Waals surface area contributed by atoms with E-state index in [-0.39, 0.29) is 19.1 Å². The molecule has 2 N–H and O–H groups in total. The highest BCUT2D eigenvalue weighted by molar-refractivity contribution is 9.10. The van der Waals surface area contributed by atoms with Crippen LogP contribution in [0.25, 0.3) is 0 Å². The molecular formula is C13H18BrNO3. The first-order valence-corrected chi connectivity index (χ1v) is 6.77. The highest BCUT2D eigenvalue weighted by Crippen LogP contribution is 2.17. The van der Waals surface area contributed by atoms with Crippen molar-refractivity contribution in [1.82, 2.24) is 5.32 Å². The van der Waals surface area contributed by atoms with E-state index < -0.39 is 0 Å². The van der Waals surface area contributed by atoms with Gasteiger partial charge in [-0.2, -0.15) is 0 Å². The summed E-state index contributed by atoms with van der Waals surface area (Å²) in [5.41, 5.74) is 0. The fourth-order valence-electron chi connectivity index (χ4n) is 1.40. The number of hydrogen-bond acceptors (Lipinski definition) is 3. The average Bonchev–Trinajstić information content (AvgIpc) is 2.36. The summed E-state index contributed by atoms with van der Waals surface area (Å²) in [5, 5.41) is 11.4. The lowest BCUT2D eigenvalue weighted by molar-refractivity contribution is -0.123. The molecule has 1 rings (SSSR count). The van der Waals surface area contributed by atoms with Gasteiger partial charge in [0.2, 0.25) is 0 Å². The summed E-state index contributed by atoms with van der Waals surface area (Å²) in [6, 6.07) is 7.37. The molecule has 4 nitrogen and oxygen atoms in total. The predicted molar refractivity (Wildman–Crippen MR) is 73.6 cm³/mol. The van der Waals surface area contributed by atoms with Gasteiger partial charge in [0.15, 0.2) is 6.61 Å². The molecule has 0 radical (unpaired) electrons. The van der Waals surface area contributed by atoms with Gasteiger partial charge in [-0.05, 0) is 37.5 Å². The number of rotatable bonds is 8. The van der Waals surface area contributed by atoms with Gasteiger partial charge >= 0.3 is 0 Å². The van der Waals surface area contributed by atoms with Crippen molar-refractivity contribution in [3.05, 3.63) is 28.7 Å². The number of aliphatic hydroxyl groups is 1. The van der Waals surface area contributed by atoms with Gasteiger partial charge in [0.25, 0.3) is 5.91 Å². The lowest BCUT2D eigenvalue weighted by Crippen LogP contribution is -2.29. The number of amides is 1. The van der Waals surface area contributed by atoms with E-state index in [0.29, 0.717) is 12.3 Å². The molecule has 18 heavy (non-hydrogen) atoms. The molecule has 0 saturated carbocycles. The number of benzene rings is 1. The Morgan fingerprint density at radius 2 is 2.17 bits per heavy atom. The zero-order chi connectivity index (χ0) is 13.2. The van der Waals surface area contributed by atoms with Crippen molar-refractivity contribution < 1.29 is 14.6 Å². The second-order valence-corrected chi connectivity index (χ2v) is 4.80. The van der Waals surface area contributed by atoms with E-state index in [2.05, 4.69) is 21.2 Å². The number of carbonyl (C=O) groups is 1. The summed E-state index contributed by atoms with van der Waals surface area (Å²) >= 11 is 3.33. The van der Waals surface area contributed by atoms with Crippen LogP contribution in [0.2, 0.25) is 0 Å². The van der Waals surface area contributed by atoms with Crippen molar-refractivity contribution in [3.8, 4) is 5.75 Å². The monoisotopic (exact) mass is 315 g/mol. The van der Waals surface area contributed by atoms with E-state index >= 15 is 0 Å². The van der Waals surface area contributed by atoms with Gasteiger partial charge in [-0.1, -0.05) is 22.0 Å². The van der Waals surface area contributed by atoms with E-state index in [9.17, 15) is 4.79 Å². The van der Waals surface area contributed by atoms with Crippen LogP contribution in [0, 0.1) is 0 Å². The summed E-state index contributed by atoms with van der Waals surface area (Å²) in [6.45, 7) is 0.858. The fourth-order valence-corrected chi connectivity index (χ4v) is 1.78. The minimum atomic E-state index is -0.126. The lowest BCUT2D eigenvalue weighted by Gasteiger charge is -2.07. The van der Waals surface area contributed by atoms with Gasteiger partial charge < -0.3 is 15.2 Å². The second-order valence-electron chi connectivity index (χ2n) is 3.88. The third-order valence-electron chi connectivity index (χ3n) is 2.32. The van der Waals surface area contributed by atoms with Gasteiger partial charge in [-0.25, -0.2) is 0 Å². The second kappa shape index (κ2) is 8.94. The summed E-state index contributed by atoms with van der Waals surface area (Å²) in [4.78, 5) is 11.4. The number of halogens is 1. The van der Waals surface area contributed by atoms with Crippen LogP contribution in [0.4, 0.5) is 0 Å². The summed E-state index contributed by atoms with van der Waals surface area (Å²) in [6.07, 6.45) is 2.58. The molecule has 1 amide bonds. The minimum absolute atomic E-state index is 0.0243. The van der Waals surface area contributed by atoms with Crippen molar-refractivity contribution in [2.45, 2.75) is 19.3 Å². The molecule has 5 heteroatoms. The molecule has 0 atom stereocenters.